The standard InChI is InChI=1S/C10H7BrN2OS/c1-6(14)8-5-15-10(13-8)9-7(11)3-2-4-12-9/h2-5H,1H3. The topological polar surface area (TPSA) is 42.9 Å². The summed E-state index contributed by atoms with van der Waals surface area (Å²) in [5.41, 5.74) is 1.27. The molecule has 0 radical (unpaired) electrons. The molecule has 76 valence electrons. The Balaban J connectivity index is 2.46. The van der Waals surface area contributed by atoms with Gasteiger partial charge >= 0.3 is 0 Å². The zero-order chi connectivity index (χ0) is 10.8. The fraction of sp³-hybridized carbons (Fsp3) is 0.100. The first kappa shape index (κ1) is 10.4. The van der Waals surface area contributed by atoms with Crippen LogP contribution < -0.4 is 0 Å². The fourth-order valence-corrected chi connectivity index (χ4v) is 2.53. The Hall–Kier alpha value is -1.07. The lowest BCUT2D eigenvalue weighted by atomic mass is 10.3. The number of thiazole rings is 1. The molecular formula is C10H7BrN2OS. The highest BCUT2D eigenvalue weighted by Crippen LogP contribution is 2.28. The Morgan fingerprint density at radius 2 is 2.33 bits per heavy atom. The van der Waals surface area contributed by atoms with E-state index >= 15 is 0 Å². The van der Waals surface area contributed by atoms with Crippen LogP contribution in [0.4, 0.5) is 0 Å². The van der Waals surface area contributed by atoms with Crippen molar-refractivity contribution in [3.05, 3.63) is 33.9 Å². The van der Waals surface area contributed by atoms with Gasteiger partial charge in [0.1, 0.15) is 16.4 Å². The molecule has 2 heterocycles. The highest BCUT2D eigenvalue weighted by molar-refractivity contribution is 9.10. The second-order valence-electron chi connectivity index (χ2n) is 2.93. The number of hydrogen-bond donors (Lipinski definition) is 0. The van der Waals surface area contributed by atoms with Gasteiger partial charge in [-0.1, -0.05) is 0 Å². The minimum atomic E-state index is -0.0236. The van der Waals surface area contributed by atoms with Gasteiger partial charge in [-0.05, 0) is 28.1 Å². The maximum Gasteiger partial charge on any atom is 0.178 e. The number of nitrogens with zero attached hydrogens (tertiary/aromatic N) is 2. The Labute approximate surface area is 99.3 Å². The lowest BCUT2D eigenvalue weighted by Gasteiger charge is -1.97. The van der Waals surface area contributed by atoms with Gasteiger partial charge in [-0.3, -0.25) is 9.78 Å². The van der Waals surface area contributed by atoms with Crippen LogP contribution in [0.5, 0.6) is 0 Å². The molecule has 5 heteroatoms. The van der Waals surface area contributed by atoms with Crippen LogP contribution in [0.15, 0.2) is 28.2 Å². The molecule has 0 bridgehead atoms. The summed E-state index contributed by atoms with van der Waals surface area (Å²) in [5.74, 6) is -0.0236. The molecule has 0 N–H and O–H groups in total. The van der Waals surface area contributed by atoms with Gasteiger partial charge in [-0.15, -0.1) is 11.3 Å². The van der Waals surface area contributed by atoms with Gasteiger partial charge in [0.25, 0.3) is 0 Å². The molecule has 0 saturated heterocycles. The number of hydrogen-bond acceptors (Lipinski definition) is 4. The summed E-state index contributed by atoms with van der Waals surface area (Å²) in [4.78, 5) is 19.5. The normalized spacial score (nSPS) is 10.3. The highest BCUT2D eigenvalue weighted by atomic mass is 79.9. The Bertz CT molecular complexity index is 510. The van der Waals surface area contributed by atoms with Gasteiger partial charge in [0.05, 0.1) is 0 Å². The number of ketones is 1. The highest BCUT2D eigenvalue weighted by Gasteiger charge is 2.10. The smallest absolute Gasteiger partial charge is 0.178 e. The summed E-state index contributed by atoms with van der Waals surface area (Å²) in [7, 11) is 0. The second kappa shape index (κ2) is 4.20. The van der Waals surface area contributed by atoms with Gasteiger partial charge in [-0.2, -0.15) is 0 Å². The largest absolute Gasteiger partial charge is 0.293 e. The SMILES string of the molecule is CC(=O)c1csc(-c2ncccc2Br)n1. The molecule has 2 aromatic heterocycles. The van der Waals surface area contributed by atoms with E-state index in [9.17, 15) is 4.79 Å². The van der Waals surface area contributed by atoms with E-state index in [4.69, 9.17) is 0 Å². The quantitative estimate of drug-likeness (QED) is 0.795. The molecule has 15 heavy (non-hydrogen) atoms. The molecule has 0 aliphatic rings. The molecule has 0 spiro atoms. The molecule has 0 fully saturated rings. The van der Waals surface area contributed by atoms with Crippen LogP contribution in [0, 0.1) is 0 Å². The van der Waals surface area contributed by atoms with Crippen LogP contribution in [0.3, 0.4) is 0 Å². The molecule has 2 aromatic rings. The van der Waals surface area contributed by atoms with E-state index in [2.05, 4.69) is 25.9 Å². The third kappa shape index (κ3) is 2.13. The molecule has 0 aromatic carbocycles. The van der Waals surface area contributed by atoms with Gasteiger partial charge in [0.2, 0.25) is 0 Å². The van der Waals surface area contributed by atoms with Crippen molar-refractivity contribution < 1.29 is 4.79 Å². The van der Waals surface area contributed by atoms with Crippen LogP contribution in [0.2, 0.25) is 0 Å². The first-order valence-corrected chi connectivity index (χ1v) is 5.93. The van der Waals surface area contributed by atoms with E-state index in [1.165, 1.54) is 18.3 Å². The molecule has 0 aliphatic carbocycles. The Morgan fingerprint density at radius 3 is 2.93 bits per heavy atom. The summed E-state index contributed by atoms with van der Waals surface area (Å²) in [5, 5.41) is 2.51. The maximum atomic E-state index is 11.1. The van der Waals surface area contributed by atoms with E-state index in [0.29, 0.717) is 5.69 Å². The zero-order valence-electron chi connectivity index (χ0n) is 7.90. The third-order valence-corrected chi connectivity index (χ3v) is 3.31. The van der Waals surface area contributed by atoms with Crippen molar-refractivity contribution >= 4 is 33.0 Å². The summed E-state index contributed by atoms with van der Waals surface area (Å²) in [6, 6.07) is 3.74. The minimum absolute atomic E-state index is 0.0236. The van der Waals surface area contributed by atoms with Gasteiger partial charge in [0.15, 0.2) is 5.78 Å². The van der Waals surface area contributed by atoms with E-state index in [0.717, 1.165) is 15.2 Å². The van der Waals surface area contributed by atoms with Gasteiger partial charge in [-0.25, -0.2) is 4.98 Å². The average molecular weight is 283 g/mol. The first-order chi connectivity index (χ1) is 7.18. The molecule has 0 saturated carbocycles. The molecular weight excluding hydrogens is 276 g/mol. The number of rotatable bonds is 2. The molecule has 0 atom stereocenters. The van der Waals surface area contributed by atoms with E-state index in [-0.39, 0.29) is 5.78 Å². The van der Waals surface area contributed by atoms with E-state index < -0.39 is 0 Å². The minimum Gasteiger partial charge on any atom is -0.293 e. The number of halogens is 1. The predicted octanol–water partition coefficient (Wildman–Crippen LogP) is 3.17. The zero-order valence-corrected chi connectivity index (χ0v) is 10.3. The summed E-state index contributed by atoms with van der Waals surface area (Å²) >= 11 is 4.82. The second-order valence-corrected chi connectivity index (χ2v) is 4.64. The van der Waals surface area contributed by atoms with E-state index in [1.54, 1.807) is 11.6 Å². The van der Waals surface area contributed by atoms with Crippen molar-refractivity contribution in [1.82, 2.24) is 9.97 Å². The van der Waals surface area contributed by atoms with E-state index in [1.807, 2.05) is 12.1 Å². The number of aromatic nitrogens is 2. The fourth-order valence-electron chi connectivity index (χ4n) is 1.09. The number of pyridine rings is 1. The van der Waals surface area contributed by atoms with Crippen LogP contribution in [0.1, 0.15) is 17.4 Å². The van der Waals surface area contributed by atoms with Gasteiger partial charge < -0.3 is 0 Å². The van der Waals surface area contributed by atoms with Crippen molar-refractivity contribution in [3.63, 3.8) is 0 Å². The molecule has 0 amide bonds. The third-order valence-electron chi connectivity index (χ3n) is 1.83. The summed E-state index contributed by atoms with van der Waals surface area (Å²) < 4.78 is 0.884. The maximum absolute atomic E-state index is 11.1. The van der Waals surface area contributed by atoms with Crippen LogP contribution >= 0.6 is 27.3 Å². The van der Waals surface area contributed by atoms with Crippen molar-refractivity contribution in [2.45, 2.75) is 6.92 Å². The lowest BCUT2D eigenvalue weighted by Crippen LogP contribution is -1.92. The lowest BCUT2D eigenvalue weighted by molar-refractivity contribution is 0.101. The predicted molar refractivity (Wildman–Crippen MR) is 63.0 cm³/mol. The van der Waals surface area contributed by atoms with Crippen molar-refractivity contribution in [2.75, 3.05) is 0 Å². The molecule has 2 rings (SSSR count). The number of Topliss-reactive ketones (excluding diaryl/α,β-unsaturated/α-hetero) is 1. The van der Waals surface area contributed by atoms with Gasteiger partial charge in [0, 0.05) is 23.0 Å². The monoisotopic (exact) mass is 282 g/mol. The van der Waals surface area contributed by atoms with Crippen molar-refractivity contribution in [3.8, 4) is 10.7 Å². The van der Waals surface area contributed by atoms with Crippen LogP contribution in [-0.4, -0.2) is 15.8 Å². The van der Waals surface area contributed by atoms with Crippen molar-refractivity contribution in [1.29, 1.82) is 0 Å². The van der Waals surface area contributed by atoms with Crippen LogP contribution in [0.25, 0.3) is 10.7 Å². The van der Waals surface area contributed by atoms with Crippen LogP contribution in [-0.2, 0) is 0 Å². The van der Waals surface area contributed by atoms with Crippen molar-refractivity contribution in [2.24, 2.45) is 0 Å². The first-order valence-electron chi connectivity index (χ1n) is 4.26. The summed E-state index contributed by atoms with van der Waals surface area (Å²) in [6.45, 7) is 1.51. The Kier molecular flexibility index (Phi) is 2.93. The Morgan fingerprint density at radius 1 is 1.53 bits per heavy atom. The molecule has 0 aliphatic heterocycles. The number of carbonyl (C=O) groups is 1. The number of carbonyl (C=O) groups excluding carboxylic acids is 1. The summed E-state index contributed by atoms with van der Waals surface area (Å²) in [6.07, 6.45) is 1.70. The molecule has 0 unspecified atom stereocenters. The average Bonchev–Trinajstić information content (AvgIpc) is 2.67. The molecule has 3 nitrogen and oxygen atoms in total.